The van der Waals surface area contributed by atoms with Crippen LogP contribution in [0.2, 0.25) is 0 Å². The molecule has 1 saturated carbocycles. The van der Waals surface area contributed by atoms with Gasteiger partial charge in [-0.2, -0.15) is 5.26 Å². The van der Waals surface area contributed by atoms with Crippen molar-refractivity contribution < 1.29 is 4.92 Å². The minimum absolute atomic E-state index is 0.0190. The van der Waals surface area contributed by atoms with Crippen LogP contribution in [0.1, 0.15) is 25.0 Å². The molecule has 1 aromatic heterocycles. The van der Waals surface area contributed by atoms with E-state index in [0.29, 0.717) is 5.52 Å². The standard InChI is InChI=1S/C16H16N4O2/c1-10-7-14(19-12-6-5-11(8-12)9-17)13-3-2-4-15(20(21)22)16(13)18-10/h2-4,7,11-12H,5-6,8H2,1H3,(H,18,19)/t11-,12+/m0/s1. The molecule has 2 atom stereocenters. The molecule has 1 aliphatic rings. The number of aromatic nitrogens is 1. The summed E-state index contributed by atoms with van der Waals surface area (Å²) in [6, 6.07) is 9.44. The summed E-state index contributed by atoms with van der Waals surface area (Å²) in [6.45, 7) is 1.83. The third-order valence-electron chi connectivity index (χ3n) is 4.12. The van der Waals surface area contributed by atoms with Gasteiger partial charge in [-0.05, 0) is 32.3 Å². The molecule has 3 rings (SSSR count). The van der Waals surface area contributed by atoms with Gasteiger partial charge in [0.05, 0.1) is 11.0 Å². The normalized spacial score (nSPS) is 20.7. The summed E-state index contributed by atoms with van der Waals surface area (Å²) in [5.41, 5.74) is 2.02. The number of nitrogens with zero attached hydrogens (tertiary/aromatic N) is 3. The largest absolute Gasteiger partial charge is 0.382 e. The Kier molecular flexibility index (Phi) is 3.63. The van der Waals surface area contributed by atoms with Crippen LogP contribution in [0.4, 0.5) is 11.4 Å². The zero-order valence-corrected chi connectivity index (χ0v) is 12.2. The molecule has 0 aliphatic heterocycles. The van der Waals surface area contributed by atoms with E-state index in [4.69, 9.17) is 5.26 Å². The monoisotopic (exact) mass is 296 g/mol. The molecule has 1 aromatic carbocycles. The Morgan fingerprint density at radius 1 is 1.45 bits per heavy atom. The molecular weight excluding hydrogens is 280 g/mol. The number of pyridine rings is 1. The predicted octanol–water partition coefficient (Wildman–Crippen LogP) is 3.56. The molecule has 0 saturated heterocycles. The topological polar surface area (TPSA) is 91.8 Å². The number of benzene rings is 1. The molecule has 0 spiro atoms. The van der Waals surface area contributed by atoms with E-state index in [1.165, 1.54) is 6.07 Å². The van der Waals surface area contributed by atoms with E-state index < -0.39 is 4.92 Å². The Morgan fingerprint density at radius 2 is 2.27 bits per heavy atom. The van der Waals surface area contributed by atoms with Crippen LogP contribution in [0.3, 0.4) is 0 Å². The molecule has 1 fully saturated rings. The fourth-order valence-corrected chi connectivity index (χ4v) is 3.08. The lowest BCUT2D eigenvalue weighted by atomic mass is 10.1. The van der Waals surface area contributed by atoms with E-state index in [2.05, 4.69) is 16.4 Å². The molecule has 0 radical (unpaired) electrons. The smallest absolute Gasteiger partial charge is 0.295 e. The van der Waals surface area contributed by atoms with Crippen molar-refractivity contribution in [1.82, 2.24) is 4.98 Å². The molecule has 6 heteroatoms. The summed E-state index contributed by atoms with van der Waals surface area (Å²) >= 11 is 0. The highest BCUT2D eigenvalue weighted by atomic mass is 16.6. The second kappa shape index (κ2) is 5.60. The summed E-state index contributed by atoms with van der Waals surface area (Å²) in [5.74, 6) is 0.0982. The number of fused-ring (bicyclic) bond motifs is 1. The van der Waals surface area contributed by atoms with Gasteiger partial charge >= 0.3 is 0 Å². The molecular formula is C16H16N4O2. The number of nitrogens with one attached hydrogen (secondary N) is 1. The summed E-state index contributed by atoms with van der Waals surface area (Å²) in [7, 11) is 0. The zero-order chi connectivity index (χ0) is 15.7. The van der Waals surface area contributed by atoms with Gasteiger partial charge in [0.1, 0.15) is 0 Å². The molecule has 0 amide bonds. The Hall–Kier alpha value is -2.68. The van der Waals surface area contributed by atoms with E-state index >= 15 is 0 Å². The van der Waals surface area contributed by atoms with Gasteiger partial charge in [0.25, 0.3) is 5.69 Å². The van der Waals surface area contributed by atoms with E-state index in [1.807, 2.05) is 19.1 Å². The Balaban J connectivity index is 2.01. The van der Waals surface area contributed by atoms with Gasteiger partial charge in [-0.1, -0.05) is 12.1 Å². The number of nitriles is 1. The lowest BCUT2D eigenvalue weighted by Crippen LogP contribution is -2.16. The summed E-state index contributed by atoms with van der Waals surface area (Å²) in [5, 5.41) is 24.4. The lowest BCUT2D eigenvalue weighted by Gasteiger charge is -2.16. The summed E-state index contributed by atoms with van der Waals surface area (Å²) in [4.78, 5) is 15.1. The van der Waals surface area contributed by atoms with Crippen molar-refractivity contribution >= 4 is 22.3 Å². The van der Waals surface area contributed by atoms with Crippen molar-refractivity contribution in [2.45, 2.75) is 32.2 Å². The molecule has 6 nitrogen and oxygen atoms in total. The van der Waals surface area contributed by atoms with Crippen molar-refractivity contribution in [2.24, 2.45) is 5.92 Å². The molecule has 1 heterocycles. The zero-order valence-electron chi connectivity index (χ0n) is 12.2. The number of non-ortho nitro benzene ring substituents is 1. The first-order valence-electron chi connectivity index (χ1n) is 7.29. The average Bonchev–Trinajstić information content (AvgIpc) is 2.94. The van der Waals surface area contributed by atoms with E-state index in [-0.39, 0.29) is 17.6 Å². The van der Waals surface area contributed by atoms with Crippen LogP contribution in [-0.2, 0) is 0 Å². The molecule has 1 N–H and O–H groups in total. The molecule has 112 valence electrons. The maximum Gasteiger partial charge on any atom is 0.295 e. The van der Waals surface area contributed by atoms with Gasteiger partial charge in [0.15, 0.2) is 5.52 Å². The van der Waals surface area contributed by atoms with Crippen LogP contribution in [0.25, 0.3) is 10.9 Å². The van der Waals surface area contributed by atoms with Crippen LogP contribution in [0, 0.1) is 34.3 Å². The van der Waals surface area contributed by atoms with Crippen molar-refractivity contribution in [1.29, 1.82) is 5.26 Å². The van der Waals surface area contributed by atoms with E-state index in [9.17, 15) is 10.1 Å². The third kappa shape index (κ3) is 2.58. The van der Waals surface area contributed by atoms with E-state index in [0.717, 1.165) is 36.0 Å². The highest BCUT2D eigenvalue weighted by Gasteiger charge is 2.25. The number of para-hydroxylation sites is 1. The van der Waals surface area contributed by atoms with Crippen LogP contribution in [0.5, 0.6) is 0 Å². The molecule has 2 aromatic rings. The van der Waals surface area contributed by atoms with E-state index in [1.54, 1.807) is 6.07 Å². The van der Waals surface area contributed by atoms with Crippen molar-refractivity contribution in [3.63, 3.8) is 0 Å². The number of nitro groups is 1. The van der Waals surface area contributed by atoms with Crippen LogP contribution < -0.4 is 5.32 Å². The molecule has 0 unspecified atom stereocenters. The number of nitro benzene ring substituents is 1. The third-order valence-corrected chi connectivity index (χ3v) is 4.12. The SMILES string of the molecule is Cc1cc(N[C@@H]2CC[C@H](C#N)C2)c2cccc([N+](=O)[O-])c2n1. The van der Waals surface area contributed by atoms with Gasteiger partial charge in [-0.3, -0.25) is 10.1 Å². The van der Waals surface area contributed by atoms with Crippen LogP contribution in [-0.4, -0.2) is 15.9 Å². The summed E-state index contributed by atoms with van der Waals surface area (Å²) in [6.07, 6.45) is 2.65. The first-order chi connectivity index (χ1) is 10.6. The van der Waals surface area contributed by atoms with Crippen LogP contribution >= 0.6 is 0 Å². The minimum atomic E-state index is -0.403. The van der Waals surface area contributed by atoms with Crippen molar-refractivity contribution in [2.75, 3.05) is 5.32 Å². The fourth-order valence-electron chi connectivity index (χ4n) is 3.08. The Morgan fingerprint density at radius 3 is 2.95 bits per heavy atom. The van der Waals surface area contributed by atoms with Crippen molar-refractivity contribution in [3.05, 3.63) is 40.1 Å². The quantitative estimate of drug-likeness (QED) is 0.690. The number of hydrogen-bond donors (Lipinski definition) is 1. The maximum absolute atomic E-state index is 11.2. The Labute approximate surface area is 127 Å². The lowest BCUT2D eigenvalue weighted by molar-refractivity contribution is -0.383. The highest BCUT2D eigenvalue weighted by Crippen LogP contribution is 2.33. The first kappa shape index (κ1) is 14.3. The minimum Gasteiger partial charge on any atom is -0.382 e. The fraction of sp³-hybridized carbons (Fsp3) is 0.375. The Bertz CT molecular complexity index is 782. The molecule has 0 bridgehead atoms. The van der Waals surface area contributed by atoms with Gasteiger partial charge in [0, 0.05) is 34.8 Å². The summed E-state index contributed by atoms with van der Waals surface area (Å²) < 4.78 is 0. The van der Waals surface area contributed by atoms with Crippen LogP contribution in [0.15, 0.2) is 24.3 Å². The molecule has 1 aliphatic carbocycles. The van der Waals surface area contributed by atoms with Gasteiger partial charge in [0.2, 0.25) is 0 Å². The average molecular weight is 296 g/mol. The van der Waals surface area contributed by atoms with Gasteiger partial charge in [-0.15, -0.1) is 0 Å². The van der Waals surface area contributed by atoms with Crippen molar-refractivity contribution in [3.8, 4) is 6.07 Å². The second-order valence-corrected chi connectivity index (χ2v) is 5.72. The number of aryl methyl sites for hydroxylation is 1. The molecule has 22 heavy (non-hydrogen) atoms. The number of hydrogen-bond acceptors (Lipinski definition) is 5. The first-order valence-corrected chi connectivity index (χ1v) is 7.29. The van der Waals surface area contributed by atoms with Gasteiger partial charge < -0.3 is 5.32 Å². The predicted molar refractivity (Wildman–Crippen MR) is 83.5 cm³/mol. The maximum atomic E-state index is 11.2. The van der Waals surface area contributed by atoms with Gasteiger partial charge in [-0.25, -0.2) is 4.98 Å². The number of anilines is 1. The number of rotatable bonds is 3. The highest BCUT2D eigenvalue weighted by molar-refractivity contribution is 5.96. The second-order valence-electron chi connectivity index (χ2n) is 5.72.